The second-order valence-corrected chi connectivity index (χ2v) is 8.57. The Morgan fingerprint density at radius 3 is 2.35 bits per heavy atom. The first-order valence-electron chi connectivity index (χ1n) is 8.80. The Morgan fingerprint density at radius 2 is 1.85 bits per heavy atom. The summed E-state index contributed by atoms with van der Waals surface area (Å²) in [6.07, 6.45) is -0.135. The molecule has 0 unspecified atom stereocenters. The molecule has 0 atom stereocenters. The largest absolute Gasteiger partial charge is 0.416 e. The van der Waals surface area contributed by atoms with Crippen molar-refractivity contribution in [2.45, 2.75) is 62.1 Å². The van der Waals surface area contributed by atoms with Crippen LogP contribution in [0.15, 0.2) is 23.1 Å². The average Bonchev–Trinajstić information content (AvgIpc) is 2.62. The molecule has 1 aromatic rings. The van der Waals surface area contributed by atoms with Gasteiger partial charge in [0, 0.05) is 10.4 Å². The Bertz CT molecular complexity index is 730. The van der Waals surface area contributed by atoms with Crippen LogP contribution in [-0.2, 0) is 6.18 Å². The maximum Gasteiger partial charge on any atom is 0.416 e. The van der Waals surface area contributed by atoms with Crippen LogP contribution in [0, 0.1) is 16.7 Å². The van der Waals surface area contributed by atoms with E-state index in [1.54, 1.807) is 0 Å². The topological polar surface area (TPSA) is 52.9 Å². The van der Waals surface area contributed by atoms with Crippen molar-refractivity contribution in [2.75, 3.05) is 5.75 Å². The maximum atomic E-state index is 13.1. The minimum Gasteiger partial charge on any atom is -0.347 e. The van der Waals surface area contributed by atoms with Crippen molar-refractivity contribution in [1.29, 1.82) is 5.26 Å². The van der Waals surface area contributed by atoms with Crippen molar-refractivity contribution in [2.24, 2.45) is 5.41 Å². The number of fused-ring (bicyclic) bond motifs is 3. The molecule has 0 spiro atoms. The molecule has 1 N–H and O–H groups in total. The first kappa shape index (κ1) is 19.1. The molecule has 7 heteroatoms. The lowest BCUT2D eigenvalue weighted by Gasteiger charge is -2.50. The number of nitrogens with one attached hydrogen (secondary N) is 1. The molecule has 26 heavy (non-hydrogen) atoms. The van der Waals surface area contributed by atoms with Gasteiger partial charge in [0.25, 0.3) is 5.91 Å². The van der Waals surface area contributed by atoms with Crippen LogP contribution in [-0.4, -0.2) is 17.2 Å². The van der Waals surface area contributed by atoms with Gasteiger partial charge in [-0.2, -0.15) is 18.4 Å². The molecule has 3 fully saturated rings. The zero-order valence-electron chi connectivity index (χ0n) is 14.6. The molecular weight excluding hydrogens is 361 g/mol. The van der Waals surface area contributed by atoms with E-state index in [1.807, 2.05) is 6.92 Å². The van der Waals surface area contributed by atoms with Crippen molar-refractivity contribution >= 4 is 17.7 Å². The summed E-state index contributed by atoms with van der Waals surface area (Å²) < 4.78 is 39.2. The number of thioether (sulfide) groups is 1. The third kappa shape index (κ3) is 3.57. The van der Waals surface area contributed by atoms with E-state index in [1.165, 1.54) is 17.8 Å². The van der Waals surface area contributed by atoms with Crippen LogP contribution < -0.4 is 5.32 Å². The summed E-state index contributed by atoms with van der Waals surface area (Å²) in [5.41, 5.74) is -1.38. The van der Waals surface area contributed by atoms with Crippen molar-refractivity contribution in [3.63, 3.8) is 0 Å². The minimum atomic E-state index is -4.48. The number of alkyl halides is 3. The lowest BCUT2D eigenvalue weighted by Crippen LogP contribution is -2.56. The second-order valence-electron chi connectivity index (χ2n) is 7.27. The quantitative estimate of drug-likeness (QED) is 0.732. The molecule has 1 amide bonds. The highest BCUT2D eigenvalue weighted by molar-refractivity contribution is 7.99. The summed E-state index contributed by atoms with van der Waals surface area (Å²) in [5.74, 6) is 0.222. The molecule has 0 aliphatic heterocycles. The molecule has 0 radical (unpaired) electrons. The van der Waals surface area contributed by atoms with Gasteiger partial charge in [0.15, 0.2) is 0 Å². The summed E-state index contributed by atoms with van der Waals surface area (Å²) in [5, 5.41) is 12.4. The predicted octanol–water partition coefficient (Wildman–Crippen LogP) is 5.16. The molecule has 4 rings (SSSR count). The molecule has 0 saturated heterocycles. The minimum absolute atomic E-state index is 0.0868. The number of amides is 1. The first-order chi connectivity index (χ1) is 12.2. The Kier molecular flexibility index (Phi) is 5.00. The second kappa shape index (κ2) is 6.80. The standard InChI is InChI=1S/C19H21F3N2OS/c1-2-26-15-4-3-13(19(20,21)22)11-14(15)16(25)24-18-8-5-17(12-23,6-9-18)7-10-18/h3-4,11H,2,5-10H2,1H3,(H,24,25). The van der Waals surface area contributed by atoms with Crippen LogP contribution in [0.2, 0.25) is 0 Å². The van der Waals surface area contributed by atoms with E-state index >= 15 is 0 Å². The zero-order valence-corrected chi connectivity index (χ0v) is 15.4. The van der Waals surface area contributed by atoms with Crippen molar-refractivity contribution < 1.29 is 18.0 Å². The number of hydrogen-bond donors (Lipinski definition) is 1. The van der Waals surface area contributed by atoms with Gasteiger partial charge in [-0.05, 0) is 62.5 Å². The van der Waals surface area contributed by atoms with Crippen molar-refractivity contribution in [3.05, 3.63) is 29.3 Å². The third-order valence-electron chi connectivity index (χ3n) is 5.71. The fourth-order valence-corrected chi connectivity index (χ4v) is 4.80. The number of carbonyl (C=O) groups excluding carboxylic acids is 1. The number of benzene rings is 1. The van der Waals surface area contributed by atoms with Crippen LogP contribution in [0.25, 0.3) is 0 Å². The van der Waals surface area contributed by atoms with Crippen LogP contribution in [0.3, 0.4) is 0 Å². The molecule has 2 bridgehead atoms. The van der Waals surface area contributed by atoms with Gasteiger partial charge in [-0.25, -0.2) is 0 Å². The summed E-state index contributed by atoms with van der Waals surface area (Å²) in [6, 6.07) is 5.77. The van der Waals surface area contributed by atoms with Gasteiger partial charge in [-0.3, -0.25) is 4.79 Å². The van der Waals surface area contributed by atoms with E-state index in [0.717, 1.165) is 31.4 Å². The van der Waals surface area contributed by atoms with Gasteiger partial charge in [-0.1, -0.05) is 6.92 Å². The molecular formula is C19H21F3N2OS. The average molecular weight is 382 g/mol. The first-order valence-corrected chi connectivity index (χ1v) is 9.79. The van der Waals surface area contributed by atoms with Crippen LogP contribution in [0.4, 0.5) is 13.2 Å². The highest BCUT2D eigenvalue weighted by Gasteiger charge is 2.49. The van der Waals surface area contributed by atoms with Gasteiger partial charge in [0.2, 0.25) is 0 Å². The number of hydrogen-bond acceptors (Lipinski definition) is 3. The lowest BCUT2D eigenvalue weighted by atomic mass is 9.58. The van der Waals surface area contributed by atoms with E-state index in [4.69, 9.17) is 0 Å². The summed E-state index contributed by atoms with van der Waals surface area (Å²) >= 11 is 1.36. The lowest BCUT2D eigenvalue weighted by molar-refractivity contribution is -0.137. The molecule has 140 valence electrons. The summed E-state index contributed by atoms with van der Waals surface area (Å²) in [7, 11) is 0. The van der Waals surface area contributed by atoms with Crippen molar-refractivity contribution in [1.82, 2.24) is 5.32 Å². The van der Waals surface area contributed by atoms with Gasteiger partial charge >= 0.3 is 6.18 Å². The number of nitriles is 1. The highest BCUT2D eigenvalue weighted by Crippen LogP contribution is 2.52. The predicted molar refractivity (Wildman–Crippen MR) is 93.8 cm³/mol. The van der Waals surface area contributed by atoms with Crippen LogP contribution >= 0.6 is 11.8 Å². The maximum absolute atomic E-state index is 13.1. The Morgan fingerprint density at radius 1 is 1.23 bits per heavy atom. The van der Waals surface area contributed by atoms with E-state index in [2.05, 4.69) is 11.4 Å². The van der Waals surface area contributed by atoms with Crippen LogP contribution in [0.5, 0.6) is 0 Å². The van der Waals surface area contributed by atoms with Crippen LogP contribution in [0.1, 0.15) is 61.4 Å². The van der Waals surface area contributed by atoms with Crippen molar-refractivity contribution in [3.8, 4) is 6.07 Å². The smallest absolute Gasteiger partial charge is 0.347 e. The number of carbonyl (C=O) groups is 1. The van der Waals surface area contributed by atoms with E-state index in [0.29, 0.717) is 29.9 Å². The number of nitrogens with zero attached hydrogens (tertiary/aromatic N) is 1. The van der Waals surface area contributed by atoms with Gasteiger partial charge in [0.1, 0.15) is 0 Å². The molecule has 3 saturated carbocycles. The zero-order chi connectivity index (χ0) is 19.0. The summed E-state index contributed by atoms with van der Waals surface area (Å²) in [6.45, 7) is 1.90. The highest BCUT2D eigenvalue weighted by atomic mass is 32.2. The molecule has 3 aliphatic rings. The Balaban J connectivity index is 1.84. The third-order valence-corrected chi connectivity index (χ3v) is 6.67. The number of halogens is 3. The molecule has 0 heterocycles. The van der Waals surface area contributed by atoms with E-state index in [-0.39, 0.29) is 11.0 Å². The SMILES string of the molecule is CCSc1ccc(C(F)(F)F)cc1C(=O)NC12CCC(C#N)(CC1)CC2. The van der Waals surface area contributed by atoms with E-state index < -0.39 is 23.2 Å². The molecule has 3 nitrogen and oxygen atoms in total. The normalized spacial score (nSPS) is 27.8. The Hall–Kier alpha value is -1.68. The van der Waals surface area contributed by atoms with Gasteiger partial charge in [0.05, 0.1) is 22.6 Å². The summed E-state index contributed by atoms with van der Waals surface area (Å²) in [4.78, 5) is 13.4. The van der Waals surface area contributed by atoms with E-state index in [9.17, 15) is 23.2 Å². The van der Waals surface area contributed by atoms with Gasteiger partial charge < -0.3 is 5.32 Å². The number of rotatable bonds is 4. The monoisotopic (exact) mass is 382 g/mol. The fourth-order valence-electron chi connectivity index (χ4n) is 4.01. The molecule has 1 aromatic carbocycles. The Labute approximate surface area is 155 Å². The fraction of sp³-hybridized carbons (Fsp3) is 0.579. The molecule has 0 aromatic heterocycles. The molecule has 3 aliphatic carbocycles. The van der Waals surface area contributed by atoms with Gasteiger partial charge in [-0.15, -0.1) is 11.8 Å².